The molecular weight excluding hydrogens is 313 g/mol. The number of allylic oxidation sites excluding steroid dienone is 4. The van der Waals surface area contributed by atoms with Crippen molar-refractivity contribution in [3.05, 3.63) is 23.2 Å². The zero-order chi connectivity index (χ0) is 19.6. The maximum absolute atomic E-state index is 14.4. The molecule has 2 nitrogen and oxygen atoms in total. The van der Waals surface area contributed by atoms with Crippen LogP contribution in [-0.2, 0) is 4.79 Å². The van der Waals surface area contributed by atoms with Crippen LogP contribution in [0.2, 0.25) is 0 Å². The molecule has 0 bridgehead atoms. The van der Waals surface area contributed by atoms with E-state index < -0.39 is 5.41 Å². The molecule has 0 spiro atoms. The second kappa shape index (κ2) is 8.05. The van der Waals surface area contributed by atoms with E-state index >= 15 is 0 Å². The molecule has 1 aliphatic carbocycles. The molecule has 0 aromatic carbocycles. The van der Waals surface area contributed by atoms with Gasteiger partial charge in [-0.3, -0.25) is 4.79 Å². The van der Waals surface area contributed by atoms with Crippen molar-refractivity contribution in [3.8, 4) is 0 Å². The number of nitrogens with zero attached hydrogens (tertiary/aromatic N) is 1. The molecule has 0 aromatic rings. The molecule has 2 unspecified atom stereocenters. The minimum Gasteiger partial charge on any atom is -0.313 e. The van der Waals surface area contributed by atoms with E-state index in [0.717, 1.165) is 24.1 Å². The maximum atomic E-state index is 14.4. The molecule has 25 heavy (non-hydrogen) atoms. The summed E-state index contributed by atoms with van der Waals surface area (Å²) in [4.78, 5) is 15.6. The lowest BCUT2D eigenvalue weighted by molar-refractivity contribution is -0.146. The van der Waals surface area contributed by atoms with E-state index in [9.17, 15) is 9.18 Å². The van der Waals surface area contributed by atoms with E-state index in [4.69, 9.17) is 0 Å². The number of hydrogen-bond acceptors (Lipinski definition) is 1. The first-order chi connectivity index (χ1) is 11.4. The highest BCUT2D eigenvalue weighted by atomic mass is 19.1. The van der Waals surface area contributed by atoms with Gasteiger partial charge in [0.05, 0.1) is 0 Å². The molecule has 1 amide bonds. The summed E-state index contributed by atoms with van der Waals surface area (Å²) in [6, 6.07) is 0.122. The van der Waals surface area contributed by atoms with Gasteiger partial charge in [0, 0.05) is 23.1 Å². The molecule has 144 valence electrons. The van der Waals surface area contributed by atoms with Crippen LogP contribution < -0.4 is 0 Å². The van der Waals surface area contributed by atoms with Crippen LogP contribution in [0.25, 0.3) is 0 Å². The Morgan fingerprint density at radius 2 is 1.84 bits per heavy atom. The maximum Gasteiger partial charge on any atom is 0.233 e. The monoisotopic (exact) mass is 351 g/mol. The van der Waals surface area contributed by atoms with Gasteiger partial charge in [-0.25, -0.2) is 4.39 Å². The van der Waals surface area contributed by atoms with Crippen LogP contribution in [0.1, 0.15) is 88.0 Å². The van der Waals surface area contributed by atoms with Crippen LogP contribution in [-0.4, -0.2) is 16.8 Å². The Morgan fingerprint density at radius 3 is 2.28 bits per heavy atom. The highest BCUT2D eigenvalue weighted by Crippen LogP contribution is 2.42. The summed E-state index contributed by atoms with van der Waals surface area (Å²) in [7, 11) is 0. The summed E-state index contributed by atoms with van der Waals surface area (Å²) in [5.74, 6) is -0.0224. The summed E-state index contributed by atoms with van der Waals surface area (Å²) in [5.41, 5.74) is 1.08. The molecule has 0 radical (unpaired) electrons. The highest BCUT2D eigenvalue weighted by Gasteiger charge is 2.44. The zero-order valence-electron chi connectivity index (χ0n) is 17.8. The number of halogens is 1. The molecule has 0 saturated carbocycles. The summed E-state index contributed by atoms with van der Waals surface area (Å²) in [6.07, 6.45) is 5.15. The van der Waals surface area contributed by atoms with Crippen molar-refractivity contribution >= 4 is 5.91 Å². The fourth-order valence-corrected chi connectivity index (χ4v) is 3.27. The van der Waals surface area contributed by atoms with Crippen LogP contribution in [0.15, 0.2) is 23.2 Å². The van der Waals surface area contributed by atoms with Gasteiger partial charge in [-0.1, -0.05) is 61.8 Å². The van der Waals surface area contributed by atoms with E-state index in [1.807, 2.05) is 38.7 Å². The number of rotatable bonds is 6. The fraction of sp³-hybridized carbons (Fsp3) is 0.773. The molecule has 1 aliphatic rings. The van der Waals surface area contributed by atoms with Gasteiger partial charge >= 0.3 is 0 Å². The lowest BCUT2D eigenvalue weighted by Crippen LogP contribution is -2.50. The van der Waals surface area contributed by atoms with Crippen LogP contribution >= 0.6 is 0 Å². The van der Waals surface area contributed by atoms with Crippen molar-refractivity contribution in [2.45, 2.75) is 94.0 Å². The number of hydrogen-bond donors (Lipinski definition) is 0. The zero-order valence-corrected chi connectivity index (χ0v) is 17.8. The molecule has 0 fully saturated rings. The normalized spacial score (nSPS) is 20.4. The molecule has 0 N–H and O–H groups in total. The lowest BCUT2D eigenvalue weighted by atomic mass is 9.68. The molecule has 3 heteroatoms. The molecule has 0 aromatic heterocycles. The molecular formula is C22H38FNO. The Morgan fingerprint density at radius 1 is 1.28 bits per heavy atom. The van der Waals surface area contributed by atoms with Gasteiger partial charge in [-0.15, -0.1) is 0 Å². The standard InChI is InChI=1S/C22H38FNO/c1-10-12-16(4)24(20(25)22(8,9)21(5,6)7)18-13-15(3)19(23)17(11-2)14-18/h14-16H,10-13H2,1-9H3. The first-order valence-electron chi connectivity index (χ1n) is 9.81. The first-order valence-corrected chi connectivity index (χ1v) is 9.81. The molecule has 2 atom stereocenters. The third kappa shape index (κ3) is 4.54. The average molecular weight is 352 g/mol. The van der Waals surface area contributed by atoms with Gasteiger partial charge in [0.15, 0.2) is 0 Å². The van der Waals surface area contributed by atoms with Crippen molar-refractivity contribution in [1.29, 1.82) is 0 Å². The number of amides is 1. The SMILES string of the molecule is CCCC(C)N(C(=O)C(C)(C)C(C)(C)C)C1=CC(CC)=C(F)C(C)C1. The Labute approximate surface area is 154 Å². The van der Waals surface area contributed by atoms with E-state index in [1.165, 1.54) is 0 Å². The van der Waals surface area contributed by atoms with E-state index in [1.54, 1.807) is 0 Å². The van der Waals surface area contributed by atoms with Crippen LogP contribution in [0.4, 0.5) is 4.39 Å². The largest absolute Gasteiger partial charge is 0.313 e. The molecule has 0 saturated heterocycles. The minimum absolute atomic E-state index is 0.0168. The van der Waals surface area contributed by atoms with E-state index in [2.05, 4.69) is 34.6 Å². The van der Waals surface area contributed by atoms with Crippen molar-refractivity contribution in [2.75, 3.05) is 0 Å². The second-order valence-electron chi connectivity index (χ2n) is 9.16. The molecule has 0 heterocycles. The van der Waals surface area contributed by atoms with Crippen molar-refractivity contribution in [2.24, 2.45) is 16.7 Å². The summed E-state index contributed by atoms with van der Waals surface area (Å²) in [6.45, 7) is 18.6. The number of carbonyl (C=O) groups is 1. The van der Waals surface area contributed by atoms with E-state index in [-0.39, 0.29) is 29.1 Å². The summed E-state index contributed by atoms with van der Waals surface area (Å²) < 4.78 is 14.4. The Kier molecular flexibility index (Phi) is 7.06. The Balaban J connectivity index is 3.39. The summed E-state index contributed by atoms with van der Waals surface area (Å²) in [5, 5.41) is 0. The lowest BCUT2D eigenvalue weighted by Gasteiger charge is -2.44. The Bertz CT molecular complexity index is 551. The smallest absolute Gasteiger partial charge is 0.233 e. The molecule has 0 aliphatic heterocycles. The van der Waals surface area contributed by atoms with Gasteiger partial charge in [0.25, 0.3) is 0 Å². The van der Waals surface area contributed by atoms with Gasteiger partial charge < -0.3 is 4.90 Å². The van der Waals surface area contributed by atoms with Gasteiger partial charge in [0.2, 0.25) is 5.91 Å². The van der Waals surface area contributed by atoms with Crippen LogP contribution in [0.3, 0.4) is 0 Å². The predicted molar refractivity (Wildman–Crippen MR) is 105 cm³/mol. The quantitative estimate of drug-likeness (QED) is 0.525. The van der Waals surface area contributed by atoms with Gasteiger partial charge in [-0.2, -0.15) is 0 Å². The van der Waals surface area contributed by atoms with Crippen molar-refractivity contribution in [1.82, 2.24) is 4.90 Å². The molecule has 1 rings (SSSR count). The highest BCUT2D eigenvalue weighted by molar-refractivity contribution is 5.84. The van der Waals surface area contributed by atoms with Crippen LogP contribution in [0.5, 0.6) is 0 Å². The van der Waals surface area contributed by atoms with Crippen molar-refractivity contribution in [3.63, 3.8) is 0 Å². The van der Waals surface area contributed by atoms with Crippen LogP contribution in [0, 0.1) is 16.7 Å². The average Bonchev–Trinajstić information content (AvgIpc) is 2.49. The number of carbonyl (C=O) groups excluding carboxylic acids is 1. The second-order valence-corrected chi connectivity index (χ2v) is 9.16. The summed E-state index contributed by atoms with van der Waals surface area (Å²) >= 11 is 0. The topological polar surface area (TPSA) is 20.3 Å². The third-order valence-electron chi connectivity index (χ3n) is 6.06. The van der Waals surface area contributed by atoms with E-state index in [0.29, 0.717) is 12.8 Å². The third-order valence-corrected chi connectivity index (χ3v) is 6.06. The van der Waals surface area contributed by atoms with Gasteiger partial charge in [0.1, 0.15) is 5.83 Å². The first kappa shape index (κ1) is 21.9. The van der Waals surface area contributed by atoms with Crippen molar-refractivity contribution < 1.29 is 9.18 Å². The fourth-order valence-electron chi connectivity index (χ4n) is 3.27. The Hall–Kier alpha value is -1.12. The predicted octanol–water partition coefficient (Wildman–Crippen LogP) is 6.63. The minimum atomic E-state index is -0.495. The van der Waals surface area contributed by atoms with Gasteiger partial charge in [-0.05, 0) is 43.3 Å².